The van der Waals surface area contributed by atoms with Crippen LogP contribution in [0.1, 0.15) is 16.8 Å². The van der Waals surface area contributed by atoms with Crippen LogP contribution in [0.3, 0.4) is 0 Å². The molecule has 10 nitrogen and oxygen atoms in total. The molecular formula is C18H15Cl2N2O8W-. The molecule has 0 bridgehead atoms. The van der Waals surface area contributed by atoms with Crippen LogP contribution < -0.4 is 0 Å². The Kier molecular flexibility index (Phi) is 9.38. The molecule has 0 amide bonds. The van der Waals surface area contributed by atoms with Crippen LogP contribution in [-0.2, 0) is 35.7 Å². The number of fused-ring (bicyclic) bond motifs is 1. The fourth-order valence-electron chi connectivity index (χ4n) is 2.34. The summed E-state index contributed by atoms with van der Waals surface area (Å²) in [6, 6.07) is 9.59. The third-order valence-corrected chi connectivity index (χ3v) is 4.00. The van der Waals surface area contributed by atoms with Crippen molar-refractivity contribution in [2.75, 3.05) is 13.2 Å². The van der Waals surface area contributed by atoms with Gasteiger partial charge >= 0.3 is 12.1 Å². The van der Waals surface area contributed by atoms with Crippen molar-refractivity contribution in [2.24, 2.45) is 0 Å². The zero-order valence-corrected chi connectivity index (χ0v) is 20.0. The Hall–Kier alpha value is -1.59. The Morgan fingerprint density at radius 3 is 2.52 bits per heavy atom. The van der Waals surface area contributed by atoms with Gasteiger partial charge in [-0.25, -0.2) is 9.78 Å². The average Bonchev–Trinajstić information content (AvgIpc) is 3.09. The van der Waals surface area contributed by atoms with Crippen LogP contribution in [0.15, 0.2) is 40.8 Å². The molecule has 0 saturated heterocycles. The quantitative estimate of drug-likeness (QED) is 0.105. The minimum Gasteiger partial charge on any atom is -0.500 e. The van der Waals surface area contributed by atoms with E-state index in [4.69, 9.17) is 47.7 Å². The number of aromatic nitrogens is 1. The summed E-state index contributed by atoms with van der Waals surface area (Å²) in [7, 11) is 0. The van der Waals surface area contributed by atoms with Gasteiger partial charge in [0.1, 0.15) is 5.52 Å². The molecule has 0 aliphatic heterocycles. The fraction of sp³-hybridized carbons (Fsp3) is 0.222. The van der Waals surface area contributed by atoms with Gasteiger partial charge in [0.05, 0.1) is 12.2 Å². The number of benzene rings is 2. The zero-order chi connectivity index (χ0) is 21.7. The van der Waals surface area contributed by atoms with E-state index < -0.39 is 12.1 Å². The van der Waals surface area contributed by atoms with Gasteiger partial charge in [-0.05, 0) is 42.8 Å². The SMILES string of the molecule is O=C(OCCC[N-]OOC(O)(O)O)c1ccc2nc(-c3cc(Cl)cc(Cl)c3)oc2c1.[W]. The molecule has 1 aromatic heterocycles. The molecule has 166 valence electrons. The van der Waals surface area contributed by atoms with Crippen LogP contribution in [0.5, 0.6) is 0 Å². The monoisotopic (exact) mass is 641 g/mol. The van der Waals surface area contributed by atoms with Crippen molar-refractivity contribution in [2.45, 2.75) is 12.6 Å². The minimum absolute atomic E-state index is 0. The zero-order valence-electron chi connectivity index (χ0n) is 15.5. The molecule has 0 saturated carbocycles. The fourth-order valence-corrected chi connectivity index (χ4v) is 2.87. The second-order valence-electron chi connectivity index (χ2n) is 5.93. The number of oxazole rings is 1. The van der Waals surface area contributed by atoms with Crippen LogP contribution >= 0.6 is 23.2 Å². The molecule has 0 fully saturated rings. The predicted octanol–water partition coefficient (Wildman–Crippen LogP) is 3.17. The number of carbonyl (C=O) groups excluding carboxylic acids is 1. The van der Waals surface area contributed by atoms with Gasteiger partial charge in [0.2, 0.25) is 5.89 Å². The largest absolute Gasteiger partial charge is 0.500 e. The molecule has 3 rings (SSSR count). The Morgan fingerprint density at radius 1 is 1.13 bits per heavy atom. The summed E-state index contributed by atoms with van der Waals surface area (Å²) in [5.74, 6) is -0.278. The molecule has 1 heterocycles. The van der Waals surface area contributed by atoms with Crippen molar-refractivity contribution >= 4 is 40.3 Å². The number of esters is 1. The molecule has 31 heavy (non-hydrogen) atoms. The summed E-state index contributed by atoms with van der Waals surface area (Å²) in [6.07, 6.45) is -3.18. The smallest absolute Gasteiger partial charge is 0.430 e. The van der Waals surface area contributed by atoms with Gasteiger partial charge in [0.15, 0.2) is 5.58 Å². The van der Waals surface area contributed by atoms with Gasteiger partial charge in [-0.15, -0.1) is 6.54 Å². The minimum atomic E-state index is -3.44. The van der Waals surface area contributed by atoms with Crippen molar-refractivity contribution in [3.05, 3.63) is 57.5 Å². The van der Waals surface area contributed by atoms with Crippen molar-refractivity contribution < 1.29 is 60.2 Å². The topological polar surface area (TPSA) is 146 Å². The van der Waals surface area contributed by atoms with Crippen LogP contribution in [0, 0.1) is 0 Å². The first-order valence-electron chi connectivity index (χ1n) is 8.44. The third kappa shape index (κ3) is 7.80. The first kappa shape index (κ1) is 25.7. The second kappa shape index (κ2) is 11.3. The maximum absolute atomic E-state index is 12.2. The van der Waals surface area contributed by atoms with Gasteiger partial charge in [-0.1, -0.05) is 23.2 Å². The number of hydrogen-bond donors (Lipinski definition) is 3. The summed E-state index contributed by atoms with van der Waals surface area (Å²) >= 11 is 12.0. The summed E-state index contributed by atoms with van der Waals surface area (Å²) in [6.45, 7) is 0.0188. The van der Waals surface area contributed by atoms with E-state index in [0.717, 1.165) is 0 Å². The molecule has 3 N–H and O–H groups in total. The molecular weight excluding hydrogens is 627 g/mol. The Morgan fingerprint density at radius 2 is 1.84 bits per heavy atom. The average molecular weight is 642 g/mol. The number of hydrogen-bond acceptors (Lipinski definition) is 9. The van der Waals surface area contributed by atoms with Crippen molar-refractivity contribution in [1.29, 1.82) is 0 Å². The second-order valence-corrected chi connectivity index (χ2v) is 6.81. The first-order valence-corrected chi connectivity index (χ1v) is 9.20. The number of aliphatic hydroxyl groups is 3. The van der Waals surface area contributed by atoms with Gasteiger partial charge < -0.3 is 34.9 Å². The number of ether oxygens (including phenoxy) is 1. The van der Waals surface area contributed by atoms with Crippen LogP contribution in [0.4, 0.5) is 0 Å². The number of rotatable bonds is 9. The maximum atomic E-state index is 12.2. The molecule has 0 atom stereocenters. The normalized spacial score (nSPS) is 11.4. The molecule has 0 unspecified atom stereocenters. The molecule has 13 heteroatoms. The Bertz CT molecular complexity index is 1020. The molecule has 0 spiro atoms. The van der Waals surface area contributed by atoms with Crippen molar-refractivity contribution in [3.63, 3.8) is 0 Å². The molecule has 3 aromatic rings. The Labute approximate surface area is 199 Å². The number of carbonyl (C=O) groups is 1. The summed E-state index contributed by atoms with van der Waals surface area (Å²) in [5, 5.41) is 26.1. The summed E-state index contributed by atoms with van der Waals surface area (Å²) < 4.78 is 10.8. The Balaban J connectivity index is 0.00000341. The van der Waals surface area contributed by atoms with Gasteiger partial charge in [-0.2, -0.15) is 4.89 Å². The van der Waals surface area contributed by atoms with Crippen LogP contribution in [0.25, 0.3) is 28.0 Å². The number of halogens is 2. The van der Waals surface area contributed by atoms with E-state index in [1.165, 1.54) is 6.07 Å². The van der Waals surface area contributed by atoms with Gasteiger partial charge in [0, 0.05) is 36.7 Å². The molecule has 0 aliphatic rings. The summed E-state index contributed by atoms with van der Waals surface area (Å²) in [5.41, 5.74) is 5.07. The standard InChI is InChI=1S/C18H15Cl2N2O8.W/c19-12-6-11(7-13(20)9-12)16-22-14-3-2-10(8-15(14)28-16)17(23)27-5-1-4-21-30-29-18(24,25)26;/h2-3,6-9,24-26H,1,4-5H2;/q-1;. The molecule has 0 radical (unpaired) electrons. The van der Waals surface area contributed by atoms with Crippen LogP contribution in [-0.4, -0.2) is 45.6 Å². The number of hydroxylamine groups is 1. The van der Waals surface area contributed by atoms with Crippen molar-refractivity contribution in [1.82, 2.24) is 4.98 Å². The van der Waals surface area contributed by atoms with E-state index in [2.05, 4.69) is 20.3 Å². The van der Waals surface area contributed by atoms with E-state index >= 15 is 0 Å². The first-order chi connectivity index (χ1) is 14.2. The van der Waals surface area contributed by atoms with E-state index in [-0.39, 0.29) is 46.2 Å². The maximum Gasteiger partial charge on any atom is 0.430 e. The predicted molar refractivity (Wildman–Crippen MR) is 104 cm³/mol. The van der Waals surface area contributed by atoms with E-state index in [0.29, 0.717) is 32.6 Å². The molecule has 2 aromatic carbocycles. The van der Waals surface area contributed by atoms with Gasteiger partial charge in [0.25, 0.3) is 0 Å². The van der Waals surface area contributed by atoms with E-state index in [1.807, 2.05) is 0 Å². The van der Waals surface area contributed by atoms with E-state index in [9.17, 15) is 4.79 Å². The van der Waals surface area contributed by atoms with Gasteiger partial charge in [-0.3, -0.25) is 0 Å². The molecule has 0 aliphatic carbocycles. The summed E-state index contributed by atoms with van der Waals surface area (Å²) in [4.78, 5) is 24.2. The van der Waals surface area contributed by atoms with Crippen LogP contribution in [0.2, 0.25) is 10.0 Å². The number of nitrogens with zero attached hydrogens (tertiary/aromatic N) is 2. The third-order valence-electron chi connectivity index (χ3n) is 3.56. The van der Waals surface area contributed by atoms with E-state index in [1.54, 1.807) is 30.3 Å². The van der Waals surface area contributed by atoms with Crippen molar-refractivity contribution in [3.8, 4) is 11.5 Å².